The van der Waals surface area contributed by atoms with E-state index in [4.69, 9.17) is 4.98 Å². The monoisotopic (exact) mass is 384 g/mol. The van der Waals surface area contributed by atoms with Crippen molar-refractivity contribution in [3.8, 4) is 10.6 Å². The Hall–Kier alpha value is -1.76. The third-order valence-electron chi connectivity index (χ3n) is 4.82. The molecule has 0 bridgehead atoms. The number of aromatic nitrogens is 2. The molecule has 3 aromatic rings. The maximum absolute atomic E-state index is 4.88. The minimum absolute atomic E-state index is 0.940. The van der Waals surface area contributed by atoms with Crippen LogP contribution in [0.5, 0.6) is 0 Å². The highest BCUT2D eigenvalue weighted by atomic mass is 32.1. The first kappa shape index (κ1) is 17.6. The predicted octanol–water partition coefficient (Wildman–Crippen LogP) is 4.54. The lowest BCUT2D eigenvalue weighted by molar-refractivity contribution is 0.282. The number of hydrogen-bond acceptors (Lipinski definition) is 6. The highest BCUT2D eigenvalue weighted by Gasteiger charge is 2.17. The highest BCUT2D eigenvalue weighted by molar-refractivity contribution is 7.13. The molecule has 1 aliphatic heterocycles. The van der Waals surface area contributed by atoms with Crippen molar-refractivity contribution < 1.29 is 0 Å². The van der Waals surface area contributed by atoms with Gasteiger partial charge < -0.3 is 4.90 Å². The van der Waals surface area contributed by atoms with E-state index in [-0.39, 0.29) is 0 Å². The van der Waals surface area contributed by atoms with Crippen molar-refractivity contribution in [2.24, 2.45) is 0 Å². The summed E-state index contributed by atoms with van der Waals surface area (Å²) in [5, 5.41) is 6.55. The Morgan fingerprint density at radius 3 is 2.69 bits per heavy atom. The maximum atomic E-state index is 4.88. The SMILES string of the molecule is CCc1ccc(-c2nc(CN3CCCN(c4nccs4)CC3)cs2)cc1. The molecule has 2 aromatic heterocycles. The summed E-state index contributed by atoms with van der Waals surface area (Å²) >= 11 is 3.48. The standard InChI is InChI=1S/C20H24N4S2/c1-2-16-4-6-17(7-5-16)19-22-18(15-26-19)14-23-9-3-10-24(12-11-23)20-21-8-13-25-20/h4-8,13,15H,2-3,9-12,14H2,1H3. The van der Waals surface area contributed by atoms with Gasteiger partial charge in [-0.3, -0.25) is 4.90 Å². The fraction of sp³-hybridized carbons (Fsp3) is 0.400. The second-order valence-electron chi connectivity index (χ2n) is 6.63. The van der Waals surface area contributed by atoms with Crippen LogP contribution in [0.1, 0.15) is 24.6 Å². The van der Waals surface area contributed by atoms with E-state index in [1.807, 2.05) is 6.20 Å². The molecule has 1 aliphatic rings. The molecule has 0 amide bonds. The van der Waals surface area contributed by atoms with Gasteiger partial charge in [0.2, 0.25) is 0 Å². The molecule has 1 saturated heterocycles. The van der Waals surface area contributed by atoms with E-state index < -0.39 is 0 Å². The molecule has 0 spiro atoms. The summed E-state index contributed by atoms with van der Waals surface area (Å²) in [5.74, 6) is 0. The molecule has 4 rings (SSSR count). The summed E-state index contributed by atoms with van der Waals surface area (Å²) in [7, 11) is 0. The van der Waals surface area contributed by atoms with E-state index >= 15 is 0 Å². The largest absolute Gasteiger partial charge is 0.347 e. The molecule has 0 unspecified atom stereocenters. The van der Waals surface area contributed by atoms with Crippen molar-refractivity contribution in [2.75, 3.05) is 31.1 Å². The summed E-state index contributed by atoms with van der Waals surface area (Å²) < 4.78 is 0. The lowest BCUT2D eigenvalue weighted by Gasteiger charge is -2.20. The first-order valence-corrected chi connectivity index (χ1v) is 11.0. The second-order valence-corrected chi connectivity index (χ2v) is 8.36. The fourth-order valence-corrected chi connectivity index (χ4v) is 4.83. The number of benzene rings is 1. The molecule has 3 heterocycles. The van der Waals surface area contributed by atoms with Gasteiger partial charge in [0.1, 0.15) is 5.01 Å². The average molecular weight is 385 g/mol. The summed E-state index contributed by atoms with van der Waals surface area (Å²) in [4.78, 5) is 14.3. The molecule has 6 heteroatoms. The molecule has 0 aliphatic carbocycles. The molecule has 4 nitrogen and oxygen atoms in total. The Bertz CT molecular complexity index is 811. The van der Waals surface area contributed by atoms with Gasteiger partial charge in [0.15, 0.2) is 5.13 Å². The van der Waals surface area contributed by atoms with Gasteiger partial charge in [-0.15, -0.1) is 22.7 Å². The highest BCUT2D eigenvalue weighted by Crippen LogP contribution is 2.25. The van der Waals surface area contributed by atoms with Crippen LogP contribution in [-0.4, -0.2) is 41.0 Å². The quantitative estimate of drug-likeness (QED) is 0.646. The summed E-state index contributed by atoms with van der Waals surface area (Å²) in [5.41, 5.74) is 3.79. The maximum Gasteiger partial charge on any atom is 0.185 e. The van der Waals surface area contributed by atoms with Gasteiger partial charge in [0, 0.05) is 55.2 Å². The third-order valence-corrected chi connectivity index (χ3v) is 6.60. The minimum atomic E-state index is 0.940. The zero-order valence-electron chi connectivity index (χ0n) is 15.1. The van der Waals surface area contributed by atoms with Gasteiger partial charge in [-0.05, 0) is 18.4 Å². The van der Waals surface area contributed by atoms with Gasteiger partial charge >= 0.3 is 0 Å². The lowest BCUT2D eigenvalue weighted by Crippen LogP contribution is -2.30. The average Bonchev–Trinajstić information content (AvgIpc) is 3.32. The molecule has 0 atom stereocenters. The molecule has 26 heavy (non-hydrogen) atoms. The number of nitrogens with zero attached hydrogens (tertiary/aromatic N) is 4. The van der Waals surface area contributed by atoms with E-state index in [1.54, 1.807) is 22.7 Å². The van der Waals surface area contributed by atoms with Crippen molar-refractivity contribution in [3.05, 3.63) is 52.5 Å². The van der Waals surface area contributed by atoms with Gasteiger partial charge in [-0.2, -0.15) is 0 Å². The van der Waals surface area contributed by atoms with Crippen molar-refractivity contribution >= 4 is 27.8 Å². The molecule has 136 valence electrons. The van der Waals surface area contributed by atoms with Crippen LogP contribution < -0.4 is 4.90 Å². The Morgan fingerprint density at radius 1 is 1.04 bits per heavy atom. The van der Waals surface area contributed by atoms with E-state index in [9.17, 15) is 0 Å². The van der Waals surface area contributed by atoms with Crippen molar-refractivity contribution in [1.82, 2.24) is 14.9 Å². The van der Waals surface area contributed by atoms with Crippen molar-refractivity contribution in [2.45, 2.75) is 26.3 Å². The number of thiazole rings is 2. The lowest BCUT2D eigenvalue weighted by atomic mass is 10.1. The van der Waals surface area contributed by atoms with Crippen LogP contribution >= 0.6 is 22.7 Å². The summed E-state index contributed by atoms with van der Waals surface area (Å²) in [6, 6.07) is 8.80. The van der Waals surface area contributed by atoms with Crippen molar-refractivity contribution in [1.29, 1.82) is 0 Å². The topological polar surface area (TPSA) is 32.3 Å². The van der Waals surface area contributed by atoms with Gasteiger partial charge in [0.25, 0.3) is 0 Å². The van der Waals surface area contributed by atoms with Crippen LogP contribution in [0, 0.1) is 0 Å². The third kappa shape index (κ3) is 4.14. The normalized spacial score (nSPS) is 16.0. The van der Waals surface area contributed by atoms with Crippen LogP contribution in [-0.2, 0) is 13.0 Å². The molecule has 0 saturated carbocycles. The first-order valence-electron chi connectivity index (χ1n) is 9.22. The minimum Gasteiger partial charge on any atom is -0.347 e. The summed E-state index contributed by atoms with van der Waals surface area (Å²) in [6.07, 6.45) is 4.15. The first-order chi connectivity index (χ1) is 12.8. The van der Waals surface area contributed by atoms with Gasteiger partial charge in [-0.25, -0.2) is 9.97 Å². The Labute approximate surface area is 163 Å². The zero-order valence-corrected chi connectivity index (χ0v) is 16.7. The predicted molar refractivity (Wildman–Crippen MR) is 111 cm³/mol. The van der Waals surface area contributed by atoms with Crippen LogP contribution in [0.4, 0.5) is 5.13 Å². The number of hydrogen-bond donors (Lipinski definition) is 0. The molecule has 1 aromatic carbocycles. The van der Waals surface area contributed by atoms with Crippen molar-refractivity contribution in [3.63, 3.8) is 0 Å². The second kappa shape index (κ2) is 8.29. The Balaban J connectivity index is 1.37. The van der Waals surface area contributed by atoms with Crippen LogP contribution in [0.3, 0.4) is 0 Å². The van der Waals surface area contributed by atoms with Crippen LogP contribution in [0.25, 0.3) is 10.6 Å². The smallest absolute Gasteiger partial charge is 0.185 e. The molecule has 0 N–H and O–H groups in total. The van der Waals surface area contributed by atoms with Crippen LogP contribution in [0.2, 0.25) is 0 Å². The van der Waals surface area contributed by atoms with Crippen LogP contribution in [0.15, 0.2) is 41.2 Å². The molecular formula is C20H24N4S2. The van der Waals surface area contributed by atoms with E-state index in [2.05, 4.69) is 56.7 Å². The number of anilines is 1. The molecule has 1 fully saturated rings. The summed E-state index contributed by atoms with van der Waals surface area (Å²) in [6.45, 7) is 7.46. The van der Waals surface area contributed by atoms with E-state index in [0.717, 1.165) is 49.3 Å². The van der Waals surface area contributed by atoms with Gasteiger partial charge in [0.05, 0.1) is 5.69 Å². The Morgan fingerprint density at radius 2 is 1.92 bits per heavy atom. The molecule has 0 radical (unpaired) electrons. The fourth-order valence-electron chi connectivity index (χ4n) is 3.32. The van der Waals surface area contributed by atoms with E-state index in [1.165, 1.54) is 23.2 Å². The Kier molecular flexibility index (Phi) is 5.62. The molecular weight excluding hydrogens is 360 g/mol. The zero-order chi connectivity index (χ0) is 17.8. The number of aryl methyl sites for hydroxylation is 1. The van der Waals surface area contributed by atoms with E-state index in [0.29, 0.717) is 0 Å². The van der Waals surface area contributed by atoms with Gasteiger partial charge in [-0.1, -0.05) is 31.2 Å². The number of rotatable bonds is 5.